The van der Waals surface area contributed by atoms with Crippen LogP contribution in [-0.4, -0.2) is 5.78 Å². The summed E-state index contributed by atoms with van der Waals surface area (Å²) in [6.45, 7) is 6.55. The lowest BCUT2D eigenvalue weighted by molar-refractivity contribution is -0.136. The van der Waals surface area contributed by atoms with Gasteiger partial charge in [0.2, 0.25) is 0 Å². The van der Waals surface area contributed by atoms with E-state index in [0.29, 0.717) is 17.6 Å². The Hall–Kier alpha value is -0.330. The van der Waals surface area contributed by atoms with Gasteiger partial charge in [-0.05, 0) is 18.3 Å². The largest absolute Gasteiger partial charge is 0.299 e. The first-order chi connectivity index (χ1) is 5.66. The first-order valence-corrected chi connectivity index (χ1v) is 5.19. The number of hydrogen-bond acceptors (Lipinski definition) is 1. The van der Waals surface area contributed by atoms with Crippen LogP contribution in [0.3, 0.4) is 0 Å². The van der Waals surface area contributed by atoms with Crippen molar-refractivity contribution < 1.29 is 4.79 Å². The molecule has 1 rings (SSSR count). The monoisotopic (exact) mass is 168 g/mol. The van der Waals surface area contributed by atoms with Crippen molar-refractivity contribution in [1.82, 2.24) is 0 Å². The third-order valence-electron chi connectivity index (χ3n) is 2.99. The van der Waals surface area contributed by atoms with Gasteiger partial charge in [-0.1, -0.05) is 33.6 Å². The van der Waals surface area contributed by atoms with Crippen LogP contribution in [0.2, 0.25) is 0 Å². The van der Waals surface area contributed by atoms with Crippen LogP contribution in [0.4, 0.5) is 0 Å². The van der Waals surface area contributed by atoms with Crippen molar-refractivity contribution in [2.75, 3.05) is 0 Å². The highest BCUT2D eigenvalue weighted by atomic mass is 16.1. The van der Waals surface area contributed by atoms with E-state index in [2.05, 4.69) is 20.8 Å². The molecule has 0 spiro atoms. The summed E-state index contributed by atoms with van der Waals surface area (Å²) in [7, 11) is 0. The fraction of sp³-hybridized carbons (Fsp3) is 0.909. The van der Waals surface area contributed by atoms with Crippen LogP contribution < -0.4 is 0 Å². The average Bonchev–Trinajstić information content (AvgIpc) is 1.95. The van der Waals surface area contributed by atoms with Gasteiger partial charge < -0.3 is 0 Å². The minimum absolute atomic E-state index is 0.400. The Balaban J connectivity index is 2.33. The Morgan fingerprint density at radius 1 is 1.50 bits per heavy atom. The molecule has 0 N–H and O–H groups in total. The lowest BCUT2D eigenvalue weighted by Crippen LogP contribution is -2.40. The topological polar surface area (TPSA) is 17.1 Å². The smallest absolute Gasteiger partial charge is 0.136 e. The van der Waals surface area contributed by atoms with E-state index in [1.165, 1.54) is 19.3 Å². The molecule has 0 bridgehead atoms. The Labute approximate surface area is 75.5 Å². The van der Waals surface area contributed by atoms with Crippen LogP contribution in [0, 0.1) is 17.8 Å². The fourth-order valence-electron chi connectivity index (χ4n) is 2.29. The molecule has 0 heterocycles. The Bertz CT molecular complexity index is 160. The number of rotatable bonds is 4. The van der Waals surface area contributed by atoms with Gasteiger partial charge in [0.1, 0.15) is 5.78 Å². The van der Waals surface area contributed by atoms with E-state index in [4.69, 9.17) is 0 Å². The molecule has 0 radical (unpaired) electrons. The third kappa shape index (κ3) is 1.88. The summed E-state index contributed by atoms with van der Waals surface area (Å²) in [6, 6.07) is 0. The Kier molecular flexibility index (Phi) is 3.30. The van der Waals surface area contributed by atoms with Gasteiger partial charge in [0.25, 0.3) is 0 Å². The molecule has 0 aromatic heterocycles. The van der Waals surface area contributed by atoms with E-state index in [9.17, 15) is 4.79 Å². The summed E-state index contributed by atoms with van der Waals surface area (Å²) in [6.07, 6.45) is 4.69. The molecule has 0 aliphatic heterocycles. The van der Waals surface area contributed by atoms with Crippen LogP contribution in [0.5, 0.6) is 0 Å². The maximum absolute atomic E-state index is 11.2. The molecule has 1 aliphatic carbocycles. The molecule has 1 saturated carbocycles. The first-order valence-electron chi connectivity index (χ1n) is 5.19. The minimum atomic E-state index is 0.400. The predicted molar refractivity (Wildman–Crippen MR) is 51.0 cm³/mol. The van der Waals surface area contributed by atoms with Crippen LogP contribution in [0.1, 0.15) is 46.5 Å². The highest BCUT2D eigenvalue weighted by Gasteiger charge is 2.40. The summed E-state index contributed by atoms with van der Waals surface area (Å²) in [5, 5.41) is 0. The second-order valence-corrected chi connectivity index (χ2v) is 4.34. The molecule has 0 aromatic carbocycles. The molecule has 1 fully saturated rings. The van der Waals surface area contributed by atoms with E-state index in [1.54, 1.807) is 0 Å². The zero-order chi connectivity index (χ0) is 9.14. The van der Waals surface area contributed by atoms with Crippen molar-refractivity contribution in [1.29, 1.82) is 0 Å². The van der Waals surface area contributed by atoms with Crippen molar-refractivity contribution in [3.8, 4) is 0 Å². The van der Waals surface area contributed by atoms with Crippen LogP contribution in [-0.2, 0) is 4.79 Å². The first kappa shape index (κ1) is 9.76. The van der Waals surface area contributed by atoms with Gasteiger partial charge in [-0.2, -0.15) is 0 Å². The SMILES string of the molecule is CCCCC1CC(=O)C1C(C)C. The number of carbonyl (C=O) groups excluding carboxylic acids is 1. The summed E-state index contributed by atoms with van der Waals surface area (Å²) in [4.78, 5) is 11.2. The van der Waals surface area contributed by atoms with E-state index in [1.807, 2.05) is 0 Å². The van der Waals surface area contributed by atoms with E-state index in [0.717, 1.165) is 12.3 Å². The second-order valence-electron chi connectivity index (χ2n) is 4.34. The van der Waals surface area contributed by atoms with Gasteiger partial charge in [-0.25, -0.2) is 0 Å². The lowest BCUT2D eigenvalue weighted by atomic mass is 9.65. The number of Topliss-reactive ketones (excluding diaryl/α,β-unsaturated/α-hetero) is 1. The van der Waals surface area contributed by atoms with Gasteiger partial charge in [-0.3, -0.25) is 4.79 Å². The van der Waals surface area contributed by atoms with Crippen LogP contribution >= 0.6 is 0 Å². The van der Waals surface area contributed by atoms with E-state index < -0.39 is 0 Å². The van der Waals surface area contributed by atoms with Gasteiger partial charge >= 0.3 is 0 Å². The summed E-state index contributed by atoms with van der Waals surface area (Å²) in [5.41, 5.74) is 0. The molecule has 0 saturated heterocycles. The van der Waals surface area contributed by atoms with Crippen molar-refractivity contribution in [2.24, 2.45) is 17.8 Å². The molecule has 0 aromatic rings. The maximum Gasteiger partial charge on any atom is 0.136 e. The summed E-state index contributed by atoms with van der Waals surface area (Å²) < 4.78 is 0. The fourth-order valence-corrected chi connectivity index (χ4v) is 2.29. The third-order valence-corrected chi connectivity index (χ3v) is 2.99. The quantitative estimate of drug-likeness (QED) is 0.630. The Morgan fingerprint density at radius 3 is 2.58 bits per heavy atom. The highest BCUT2D eigenvalue weighted by Crippen LogP contribution is 2.39. The molecule has 2 atom stereocenters. The molecule has 0 amide bonds. The van der Waals surface area contributed by atoms with Crippen molar-refractivity contribution in [3.05, 3.63) is 0 Å². The van der Waals surface area contributed by atoms with Crippen molar-refractivity contribution in [3.63, 3.8) is 0 Å². The molecule has 70 valence electrons. The molecule has 1 aliphatic rings. The van der Waals surface area contributed by atoms with E-state index in [-0.39, 0.29) is 0 Å². The Morgan fingerprint density at radius 2 is 2.17 bits per heavy atom. The van der Waals surface area contributed by atoms with Gasteiger partial charge in [0.05, 0.1) is 0 Å². The molecule has 12 heavy (non-hydrogen) atoms. The number of ketones is 1. The minimum Gasteiger partial charge on any atom is -0.299 e. The van der Waals surface area contributed by atoms with E-state index >= 15 is 0 Å². The lowest BCUT2D eigenvalue weighted by Gasteiger charge is -2.37. The standard InChI is InChI=1S/C11H20O/c1-4-5-6-9-7-10(12)11(9)8(2)3/h8-9,11H,4-7H2,1-3H3. The molecular formula is C11H20O. The molecule has 1 nitrogen and oxygen atoms in total. The zero-order valence-corrected chi connectivity index (χ0v) is 8.47. The van der Waals surface area contributed by atoms with Crippen molar-refractivity contribution >= 4 is 5.78 Å². The maximum atomic E-state index is 11.2. The number of unbranched alkanes of at least 4 members (excludes halogenated alkanes) is 1. The van der Waals surface area contributed by atoms with Gasteiger partial charge in [0.15, 0.2) is 0 Å². The van der Waals surface area contributed by atoms with Gasteiger partial charge in [0, 0.05) is 12.3 Å². The molecular weight excluding hydrogens is 148 g/mol. The zero-order valence-electron chi connectivity index (χ0n) is 8.47. The number of hydrogen-bond donors (Lipinski definition) is 0. The molecule has 1 heteroatoms. The van der Waals surface area contributed by atoms with Gasteiger partial charge in [-0.15, -0.1) is 0 Å². The summed E-state index contributed by atoms with van der Waals surface area (Å²) in [5.74, 6) is 2.19. The summed E-state index contributed by atoms with van der Waals surface area (Å²) >= 11 is 0. The average molecular weight is 168 g/mol. The highest BCUT2D eigenvalue weighted by molar-refractivity contribution is 5.87. The van der Waals surface area contributed by atoms with Crippen LogP contribution in [0.25, 0.3) is 0 Å². The molecule has 2 unspecified atom stereocenters. The predicted octanol–water partition coefficient (Wildman–Crippen LogP) is 3.04. The normalized spacial score (nSPS) is 29.2. The second kappa shape index (κ2) is 4.06. The van der Waals surface area contributed by atoms with Crippen molar-refractivity contribution in [2.45, 2.75) is 46.5 Å². The number of carbonyl (C=O) groups is 1. The van der Waals surface area contributed by atoms with Crippen LogP contribution in [0.15, 0.2) is 0 Å².